The van der Waals surface area contributed by atoms with Crippen molar-refractivity contribution in [3.05, 3.63) is 80.0 Å². The van der Waals surface area contributed by atoms with Gasteiger partial charge >= 0.3 is 0 Å². The monoisotopic (exact) mass is 706 g/mol. The van der Waals surface area contributed by atoms with E-state index in [0.29, 0.717) is 17.9 Å². The van der Waals surface area contributed by atoms with Crippen LogP contribution in [-0.2, 0) is 0 Å². The maximum absolute atomic E-state index is 12.1. The van der Waals surface area contributed by atoms with Crippen LogP contribution in [0.5, 0.6) is 5.75 Å². The molecule has 1 aromatic heterocycles. The highest BCUT2D eigenvalue weighted by atomic mass is 127. The number of hydrogen-bond donors (Lipinski definition) is 3. The van der Waals surface area contributed by atoms with Crippen molar-refractivity contribution < 1.29 is 9.90 Å². The molecule has 0 atom stereocenters. The van der Waals surface area contributed by atoms with Gasteiger partial charge in [-0.25, -0.2) is 0 Å². The fourth-order valence-electron chi connectivity index (χ4n) is 3.01. The Morgan fingerprint density at radius 2 is 1.90 bits per heavy atom. The van der Waals surface area contributed by atoms with E-state index in [4.69, 9.17) is 0 Å². The summed E-state index contributed by atoms with van der Waals surface area (Å²) in [5, 5.41) is 16.9. The SMILES string of the molecule is O=C(NCCCCNC1=CC(c2ccccc2O)=IC2=C(Br)C=IN12)c1ccncc1. The maximum atomic E-state index is 12.1. The van der Waals surface area contributed by atoms with Gasteiger partial charge in [0.15, 0.2) is 0 Å². The molecule has 3 heterocycles. The Hall–Kier alpha value is -1.60. The molecule has 9 heteroatoms. The second-order valence-electron chi connectivity index (χ2n) is 6.74. The second kappa shape index (κ2) is 10.8. The molecule has 0 fully saturated rings. The molecule has 0 radical (unpaired) electrons. The zero-order chi connectivity index (χ0) is 21.6. The predicted molar refractivity (Wildman–Crippen MR) is 146 cm³/mol. The van der Waals surface area contributed by atoms with Crippen LogP contribution in [0.25, 0.3) is 0 Å². The molecule has 0 aliphatic carbocycles. The van der Waals surface area contributed by atoms with E-state index in [1.54, 1.807) is 30.6 Å². The van der Waals surface area contributed by atoms with Crippen molar-refractivity contribution in [3.8, 4) is 5.75 Å². The fourth-order valence-corrected chi connectivity index (χ4v) is 11.0. The van der Waals surface area contributed by atoms with E-state index in [0.717, 1.165) is 30.8 Å². The molecule has 0 unspecified atom stereocenters. The summed E-state index contributed by atoms with van der Waals surface area (Å²) in [4.78, 5) is 16.0. The smallest absolute Gasteiger partial charge is 0.251 e. The van der Waals surface area contributed by atoms with Crippen LogP contribution in [0.3, 0.4) is 0 Å². The fraction of sp³-hybridized carbons (Fsp3) is 0.182. The predicted octanol–water partition coefficient (Wildman–Crippen LogP) is 4.50. The van der Waals surface area contributed by atoms with Gasteiger partial charge in [0.1, 0.15) is 15.3 Å². The van der Waals surface area contributed by atoms with Gasteiger partial charge in [0.2, 0.25) is 0 Å². The molecule has 2 aliphatic rings. The van der Waals surface area contributed by atoms with E-state index in [-0.39, 0.29) is 47.6 Å². The number of phenolic OH excluding ortho intramolecular Hbond substituents is 1. The highest BCUT2D eigenvalue weighted by Crippen LogP contribution is 2.44. The topological polar surface area (TPSA) is 77.5 Å². The molecule has 31 heavy (non-hydrogen) atoms. The first-order valence-electron chi connectivity index (χ1n) is 9.74. The van der Waals surface area contributed by atoms with Crippen molar-refractivity contribution >= 4 is 71.1 Å². The number of amides is 1. The molecule has 1 aromatic carbocycles. The van der Waals surface area contributed by atoms with Crippen molar-refractivity contribution in [1.82, 2.24) is 18.7 Å². The van der Waals surface area contributed by atoms with Crippen LogP contribution in [0.15, 0.2) is 68.9 Å². The summed E-state index contributed by atoms with van der Waals surface area (Å²) in [5.74, 6) is 1.38. The number of benzene rings is 1. The summed E-state index contributed by atoms with van der Waals surface area (Å²) in [6.07, 6.45) is 7.30. The van der Waals surface area contributed by atoms with Crippen LogP contribution in [0.2, 0.25) is 0 Å². The van der Waals surface area contributed by atoms with Crippen LogP contribution >= 0.6 is 57.7 Å². The van der Waals surface area contributed by atoms with Gasteiger partial charge < -0.3 is 15.7 Å². The number of carbonyl (C=O) groups is 1. The number of nitrogens with zero attached hydrogens (tertiary/aromatic N) is 2. The number of halogens is 3. The standard InChI is InChI=1S/C22H21BrI2N4O2/c23-17-14-24-29-20(13-18(25-21(17)29)16-5-1-2-6-19(16)30)27-9-3-4-10-28-22(31)15-7-11-26-12-8-15/h1-2,5-8,11-14,27,30H,3-4,9-10H2,(H,28,31). The van der Waals surface area contributed by atoms with Crippen molar-refractivity contribution in [2.75, 3.05) is 13.1 Å². The van der Waals surface area contributed by atoms with E-state index in [1.165, 1.54) is 11.7 Å². The van der Waals surface area contributed by atoms with Gasteiger partial charge in [-0.15, -0.1) is 0 Å². The molecule has 1 amide bonds. The van der Waals surface area contributed by atoms with Crippen LogP contribution in [0.4, 0.5) is 0 Å². The van der Waals surface area contributed by atoms with E-state index in [2.05, 4.69) is 44.7 Å². The Kier molecular flexibility index (Phi) is 7.88. The first kappa shape index (κ1) is 22.6. The molecule has 0 bridgehead atoms. The Morgan fingerprint density at radius 1 is 1.13 bits per heavy atom. The molecular weight excluding hydrogens is 686 g/mol. The minimum Gasteiger partial charge on any atom is -0.507 e. The Bertz CT molecular complexity index is 1100. The zero-order valence-corrected chi connectivity index (χ0v) is 22.4. The quantitative estimate of drug-likeness (QED) is 0.163. The highest BCUT2D eigenvalue weighted by molar-refractivity contribution is 14.2. The number of pyridine rings is 1. The molecule has 2 aliphatic heterocycles. The number of rotatable bonds is 8. The minimum atomic E-state index is -0.370. The van der Waals surface area contributed by atoms with Gasteiger partial charge in [-0.05, 0) is 53.0 Å². The lowest BCUT2D eigenvalue weighted by atomic mass is 10.1. The van der Waals surface area contributed by atoms with Crippen molar-refractivity contribution in [2.24, 2.45) is 0 Å². The van der Waals surface area contributed by atoms with Gasteiger partial charge in [0, 0.05) is 65.1 Å². The van der Waals surface area contributed by atoms with Crippen molar-refractivity contribution in [2.45, 2.75) is 12.8 Å². The third-order valence-electron chi connectivity index (χ3n) is 4.58. The average molecular weight is 707 g/mol. The van der Waals surface area contributed by atoms with Crippen LogP contribution in [-0.4, -0.2) is 39.7 Å². The molecule has 0 saturated carbocycles. The summed E-state index contributed by atoms with van der Waals surface area (Å²) in [7, 11) is 0. The molecule has 162 valence electrons. The number of unbranched alkanes of at least 4 members (excludes halogenated alkanes) is 1. The number of fused-ring (bicyclic) bond motifs is 1. The molecule has 0 spiro atoms. The Morgan fingerprint density at radius 3 is 2.71 bits per heavy atom. The summed E-state index contributed by atoms with van der Waals surface area (Å²) in [6.45, 7) is 1.47. The zero-order valence-electron chi connectivity index (χ0n) is 16.5. The summed E-state index contributed by atoms with van der Waals surface area (Å²) < 4.78 is 8.50. The molecule has 3 N–H and O–H groups in total. The molecule has 2 aromatic rings. The van der Waals surface area contributed by atoms with Crippen LogP contribution in [0.1, 0.15) is 28.8 Å². The average Bonchev–Trinajstić information content (AvgIpc) is 3.17. The van der Waals surface area contributed by atoms with Gasteiger partial charge in [-0.1, -0.05) is 38.9 Å². The first-order chi connectivity index (χ1) is 15.1. The molecule has 4 rings (SSSR count). The van der Waals surface area contributed by atoms with Gasteiger partial charge in [-0.3, -0.25) is 12.9 Å². The second-order valence-corrected chi connectivity index (χ2v) is 12.5. The normalized spacial score (nSPS) is 15.3. The molecule has 0 saturated heterocycles. The van der Waals surface area contributed by atoms with Gasteiger partial charge in [-0.2, -0.15) is 0 Å². The van der Waals surface area contributed by atoms with Crippen molar-refractivity contribution in [3.63, 3.8) is 0 Å². The lowest BCUT2D eigenvalue weighted by molar-refractivity contribution is 0.0953. The van der Waals surface area contributed by atoms with Crippen LogP contribution < -0.4 is 10.6 Å². The Labute approximate surface area is 209 Å². The third kappa shape index (κ3) is 5.61. The minimum absolute atomic E-state index is 0.0619. The lowest BCUT2D eigenvalue weighted by Gasteiger charge is -2.26. The number of allylic oxidation sites excluding steroid dienone is 2. The summed E-state index contributed by atoms with van der Waals surface area (Å²) in [6, 6.07) is 11.0. The third-order valence-corrected chi connectivity index (χ3v) is 13.2. The molecule has 6 nitrogen and oxygen atoms in total. The van der Waals surface area contributed by atoms with E-state index in [1.807, 2.05) is 18.2 Å². The molecular formula is C22H21BrI2N4O2. The Balaban J connectivity index is 1.33. The first-order valence-corrected chi connectivity index (χ1v) is 14.9. The number of phenols is 1. The summed E-state index contributed by atoms with van der Waals surface area (Å²) >= 11 is 3.14. The van der Waals surface area contributed by atoms with Gasteiger partial charge in [0.25, 0.3) is 5.91 Å². The summed E-state index contributed by atoms with van der Waals surface area (Å²) in [5.41, 5.74) is 1.56. The number of hydrogen-bond acceptors (Lipinski definition) is 5. The van der Waals surface area contributed by atoms with E-state index in [9.17, 15) is 9.90 Å². The van der Waals surface area contributed by atoms with Gasteiger partial charge in [0.05, 0.1) is 4.48 Å². The number of carbonyl (C=O) groups excluding carboxylic acids is 1. The number of para-hydroxylation sites is 1. The van der Waals surface area contributed by atoms with Crippen molar-refractivity contribution in [1.29, 1.82) is 0 Å². The number of aromatic nitrogens is 1. The number of aromatic hydroxyl groups is 1. The highest BCUT2D eigenvalue weighted by Gasteiger charge is 2.25. The van der Waals surface area contributed by atoms with E-state index >= 15 is 0 Å². The number of nitrogens with one attached hydrogen (secondary N) is 2. The largest absolute Gasteiger partial charge is 0.507 e. The lowest BCUT2D eigenvalue weighted by Crippen LogP contribution is -2.28. The van der Waals surface area contributed by atoms with Crippen LogP contribution in [0, 0.1) is 0 Å². The van der Waals surface area contributed by atoms with E-state index < -0.39 is 0 Å². The maximum Gasteiger partial charge on any atom is 0.251 e.